The molecule has 2 nitrogen and oxygen atoms in total. The predicted octanol–water partition coefficient (Wildman–Crippen LogP) is 3.26. The summed E-state index contributed by atoms with van der Waals surface area (Å²) >= 11 is 12.7. The molecule has 2 N–H and O–H groups in total. The maximum absolute atomic E-state index is 9.26. The molecule has 6 heteroatoms. The van der Waals surface area contributed by atoms with Gasteiger partial charge in [0.05, 0.1) is 9.52 Å². The summed E-state index contributed by atoms with van der Waals surface area (Å²) in [4.78, 5) is 0. The van der Waals surface area contributed by atoms with Crippen molar-refractivity contribution in [1.29, 1.82) is 0 Å². The SMILES string of the molecule is CC1=C([SiH2]C2=C(C)CC(Cl)=C2CCO)C(CCO)=C(Cl)C1.[Zr]. The molecule has 0 aromatic heterocycles. The number of hydrogen-bond donors (Lipinski definition) is 2. The van der Waals surface area contributed by atoms with Crippen LogP contribution >= 0.6 is 23.2 Å². The molecule has 0 amide bonds. The van der Waals surface area contributed by atoms with Crippen LogP contribution < -0.4 is 0 Å². The van der Waals surface area contributed by atoms with Crippen molar-refractivity contribution in [3.05, 3.63) is 42.7 Å². The Kier molecular flexibility index (Phi) is 8.57. The monoisotopic (exact) mass is 434 g/mol. The van der Waals surface area contributed by atoms with Gasteiger partial charge in [0.2, 0.25) is 0 Å². The van der Waals surface area contributed by atoms with Gasteiger partial charge in [-0.1, -0.05) is 44.7 Å². The van der Waals surface area contributed by atoms with Gasteiger partial charge >= 0.3 is 0 Å². The Morgan fingerprint density at radius 3 is 1.55 bits per heavy atom. The van der Waals surface area contributed by atoms with E-state index in [0.29, 0.717) is 12.8 Å². The summed E-state index contributed by atoms with van der Waals surface area (Å²) in [6, 6.07) is 0. The molecule has 0 unspecified atom stereocenters. The molecule has 0 aromatic rings. The van der Waals surface area contributed by atoms with Crippen molar-refractivity contribution in [1.82, 2.24) is 0 Å². The minimum absolute atomic E-state index is 0. The second-order valence-electron chi connectivity index (χ2n) is 5.76. The van der Waals surface area contributed by atoms with Crippen LogP contribution in [0.25, 0.3) is 0 Å². The van der Waals surface area contributed by atoms with Gasteiger partial charge in [0.15, 0.2) is 0 Å². The molecule has 2 aliphatic carbocycles. The van der Waals surface area contributed by atoms with Crippen LogP contribution in [0.1, 0.15) is 39.5 Å². The zero-order valence-electron chi connectivity index (χ0n) is 13.1. The Morgan fingerprint density at radius 2 is 1.23 bits per heavy atom. The molecular weight excluding hydrogens is 414 g/mol. The number of allylic oxidation sites excluding steroid dienone is 6. The summed E-state index contributed by atoms with van der Waals surface area (Å²) in [5.41, 5.74) is 4.97. The van der Waals surface area contributed by atoms with Crippen molar-refractivity contribution < 1.29 is 36.4 Å². The summed E-state index contributed by atoms with van der Waals surface area (Å²) < 4.78 is 0. The maximum Gasteiger partial charge on any atom is 0.0882 e. The standard InChI is InChI=1S/C16H22Cl2O2Si.Zr/c1-9-7-13(17)11(3-5-19)15(9)21-16-10(2)8-14(18)12(16)4-6-20;/h19-20H,3-8,21H2,1-2H3;. The van der Waals surface area contributed by atoms with Gasteiger partial charge in [-0.3, -0.25) is 0 Å². The average Bonchev–Trinajstić information content (AvgIpc) is 2.83. The molecule has 22 heavy (non-hydrogen) atoms. The molecular formula is C16H22Cl2O2SiZr. The molecule has 0 fully saturated rings. The van der Waals surface area contributed by atoms with Gasteiger partial charge in [-0.15, -0.1) is 0 Å². The molecule has 0 atom stereocenters. The topological polar surface area (TPSA) is 40.5 Å². The minimum Gasteiger partial charge on any atom is -0.396 e. The van der Waals surface area contributed by atoms with Crippen molar-refractivity contribution >= 4 is 32.7 Å². The summed E-state index contributed by atoms with van der Waals surface area (Å²) in [5, 5.41) is 23.1. The molecule has 120 valence electrons. The first-order chi connectivity index (χ1) is 9.99. The number of aliphatic hydroxyl groups is 2. The normalized spacial score (nSPS) is 18.8. The number of rotatable bonds is 6. The van der Waals surface area contributed by atoms with E-state index in [-0.39, 0.29) is 39.4 Å². The average molecular weight is 437 g/mol. The van der Waals surface area contributed by atoms with Crippen molar-refractivity contribution in [2.75, 3.05) is 13.2 Å². The second-order valence-corrected chi connectivity index (χ2v) is 8.44. The molecule has 2 aliphatic rings. The molecule has 0 saturated heterocycles. The van der Waals surface area contributed by atoms with Crippen LogP contribution in [0.3, 0.4) is 0 Å². The van der Waals surface area contributed by atoms with E-state index in [4.69, 9.17) is 23.2 Å². The predicted molar refractivity (Wildman–Crippen MR) is 92.3 cm³/mol. The van der Waals surface area contributed by atoms with Crippen LogP contribution in [-0.4, -0.2) is 32.9 Å². The van der Waals surface area contributed by atoms with Crippen LogP contribution in [0.5, 0.6) is 0 Å². The third kappa shape index (κ3) is 4.34. The van der Waals surface area contributed by atoms with E-state index in [2.05, 4.69) is 13.8 Å². The van der Waals surface area contributed by atoms with Gasteiger partial charge in [0.1, 0.15) is 0 Å². The van der Waals surface area contributed by atoms with Crippen LogP contribution in [0.4, 0.5) is 0 Å². The van der Waals surface area contributed by atoms with Gasteiger partial charge in [-0.2, -0.15) is 0 Å². The van der Waals surface area contributed by atoms with Gasteiger partial charge in [-0.25, -0.2) is 0 Å². The van der Waals surface area contributed by atoms with Crippen molar-refractivity contribution in [3.63, 3.8) is 0 Å². The van der Waals surface area contributed by atoms with Crippen LogP contribution in [-0.2, 0) is 26.2 Å². The third-order valence-corrected chi connectivity index (χ3v) is 7.82. The van der Waals surface area contributed by atoms with E-state index < -0.39 is 9.52 Å². The first kappa shape index (κ1) is 20.6. The number of halogens is 2. The minimum atomic E-state index is -0.677. The van der Waals surface area contributed by atoms with Crippen LogP contribution in [0.15, 0.2) is 42.7 Å². The quantitative estimate of drug-likeness (QED) is 0.628. The van der Waals surface area contributed by atoms with E-state index in [1.807, 2.05) is 0 Å². The molecule has 0 bridgehead atoms. The largest absolute Gasteiger partial charge is 0.396 e. The first-order valence-corrected chi connectivity index (χ1v) is 9.51. The van der Waals surface area contributed by atoms with Crippen LogP contribution in [0, 0.1) is 0 Å². The fourth-order valence-corrected chi connectivity index (χ4v) is 6.68. The first-order valence-electron chi connectivity index (χ1n) is 7.34. The fourth-order valence-electron chi connectivity index (χ4n) is 3.22. The van der Waals surface area contributed by atoms with Gasteiger partial charge in [0, 0.05) is 62.3 Å². The fraction of sp³-hybridized carbons (Fsp3) is 0.500. The smallest absolute Gasteiger partial charge is 0.0882 e. The van der Waals surface area contributed by atoms with Gasteiger partial charge < -0.3 is 10.2 Å². The Morgan fingerprint density at radius 1 is 0.864 bits per heavy atom. The van der Waals surface area contributed by atoms with E-state index >= 15 is 0 Å². The third-order valence-electron chi connectivity index (χ3n) is 4.33. The van der Waals surface area contributed by atoms with E-state index in [1.54, 1.807) is 0 Å². The Bertz CT molecular complexity index is 527. The second kappa shape index (κ2) is 9.15. The summed E-state index contributed by atoms with van der Waals surface area (Å²) in [6.45, 7) is 4.54. The van der Waals surface area contributed by atoms with Gasteiger partial charge in [0.25, 0.3) is 0 Å². The van der Waals surface area contributed by atoms with E-state index in [0.717, 1.165) is 34.1 Å². The Labute approximate surface area is 163 Å². The van der Waals surface area contributed by atoms with Crippen molar-refractivity contribution in [2.24, 2.45) is 0 Å². The zero-order chi connectivity index (χ0) is 15.6. The zero-order valence-corrected chi connectivity index (χ0v) is 18.5. The summed E-state index contributed by atoms with van der Waals surface area (Å²) in [6.07, 6.45) is 2.91. The molecule has 0 saturated carbocycles. The van der Waals surface area contributed by atoms with Gasteiger partial charge in [-0.05, 0) is 37.8 Å². The molecule has 0 spiro atoms. The summed E-state index contributed by atoms with van der Waals surface area (Å²) in [7, 11) is -0.677. The molecule has 0 aromatic carbocycles. The molecule has 0 radical (unpaired) electrons. The van der Waals surface area contributed by atoms with Crippen LogP contribution in [0.2, 0.25) is 0 Å². The maximum atomic E-state index is 9.26. The number of hydrogen-bond acceptors (Lipinski definition) is 2. The Hall–Kier alpha value is 0.560. The van der Waals surface area contributed by atoms with E-state index in [9.17, 15) is 10.2 Å². The van der Waals surface area contributed by atoms with Crippen molar-refractivity contribution in [3.8, 4) is 0 Å². The molecule has 0 heterocycles. The summed E-state index contributed by atoms with van der Waals surface area (Å²) in [5.74, 6) is 0. The Balaban J connectivity index is 0.00000242. The molecule has 0 aliphatic heterocycles. The van der Waals surface area contributed by atoms with E-state index in [1.165, 1.54) is 21.5 Å². The van der Waals surface area contributed by atoms with Crippen molar-refractivity contribution in [2.45, 2.75) is 39.5 Å². The molecule has 2 rings (SSSR count). The number of aliphatic hydroxyl groups excluding tert-OH is 2.